The van der Waals surface area contributed by atoms with E-state index < -0.39 is 0 Å². The molecule has 106 valence electrons. The van der Waals surface area contributed by atoms with Gasteiger partial charge < -0.3 is 15.2 Å². The number of hydrogen-bond acceptors (Lipinski definition) is 4. The maximum atomic E-state index is 9.27. The van der Waals surface area contributed by atoms with Gasteiger partial charge in [0.1, 0.15) is 11.5 Å². The van der Waals surface area contributed by atoms with Crippen molar-refractivity contribution in [2.24, 2.45) is 0 Å². The van der Waals surface area contributed by atoms with Crippen molar-refractivity contribution in [1.82, 2.24) is 15.1 Å². The van der Waals surface area contributed by atoms with Gasteiger partial charge in [0.25, 0.3) is 0 Å². The number of phenolic OH excluding ortho intramolecular Hbond substituents is 1. The van der Waals surface area contributed by atoms with E-state index in [0.29, 0.717) is 11.8 Å². The highest BCUT2D eigenvalue weighted by atomic mass is 16.5. The zero-order valence-corrected chi connectivity index (χ0v) is 11.5. The molecule has 0 amide bonds. The van der Waals surface area contributed by atoms with Gasteiger partial charge in [0.05, 0.1) is 17.9 Å². The van der Waals surface area contributed by atoms with Gasteiger partial charge >= 0.3 is 0 Å². The molecule has 20 heavy (non-hydrogen) atoms. The van der Waals surface area contributed by atoms with Crippen molar-refractivity contribution < 1.29 is 9.84 Å². The fourth-order valence-electron chi connectivity index (χ4n) is 2.56. The molecule has 2 N–H and O–H groups in total. The van der Waals surface area contributed by atoms with Crippen LogP contribution in [0.4, 0.5) is 0 Å². The number of aromatic nitrogens is 2. The molecule has 2 aromatic rings. The highest BCUT2D eigenvalue weighted by molar-refractivity contribution is 5.35. The highest BCUT2D eigenvalue weighted by Gasteiger charge is 2.19. The second-order valence-electron chi connectivity index (χ2n) is 5.13. The van der Waals surface area contributed by atoms with Gasteiger partial charge in [-0.1, -0.05) is 0 Å². The summed E-state index contributed by atoms with van der Waals surface area (Å²) in [6, 6.07) is 7.11. The maximum Gasteiger partial charge on any atom is 0.168 e. The lowest BCUT2D eigenvalue weighted by Crippen LogP contribution is -2.32. The second-order valence-corrected chi connectivity index (χ2v) is 5.13. The van der Waals surface area contributed by atoms with E-state index in [1.54, 1.807) is 30.5 Å². The Kier molecular flexibility index (Phi) is 3.60. The lowest BCUT2D eigenvalue weighted by atomic mass is 10.1. The van der Waals surface area contributed by atoms with Crippen molar-refractivity contribution >= 4 is 0 Å². The molecule has 1 atom stereocenters. The number of aromatic hydroxyl groups is 1. The third-order valence-corrected chi connectivity index (χ3v) is 3.68. The van der Waals surface area contributed by atoms with Crippen LogP contribution in [-0.4, -0.2) is 28.0 Å². The van der Waals surface area contributed by atoms with Crippen molar-refractivity contribution in [3.63, 3.8) is 0 Å². The SMILES string of the molecule is Cc1c(Oc2ccc(O)cc2)cnn1C1CCCNC1. The third kappa shape index (κ3) is 2.63. The van der Waals surface area contributed by atoms with Crippen molar-refractivity contribution in [2.45, 2.75) is 25.8 Å². The minimum atomic E-state index is 0.234. The number of rotatable bonds is 3. The standard InChI is InChI=1S/C15H19N3O2/c1-11-15(20-14-6-4-13(19)5-7-14)10-17-18(11)12-3-2-8-16-9-12/h4-7,10,12,16,19H,2-3,8-9H2,1H3. The van der Waals surface area contributed by atoms with Crippen LogP contribution in [0.5, 0.6) is 17.2 Å². The Morgan fingerprint density at radius 3 is 2.85 bits per heavy atom. The Hall–Kier alpha value is -2.01. The Labute approximate surface area is 118 Å². The molecule has 0 spiro atoms. The number of hydrogen-bond donors (Lipinski definition) is 2. The zero-order valence-electron chi connectivity index (χ0n) is 11.5. The predicted molar refractivity (Wildman–Crippen MR) is 76.3 cm³/mol. The van der Waals surface area contributed by atoms with Gasteiger partial charge in [0.15, 0.2) is 5.75 Å². The molecule has 1 aliphatic heterocycles. The van der Waals surface area contributed by atoms with Gasteiger partial charge in [-0.3, -0.25) is 4.68 Å². The molecule has 1 fully saturated rings. The first-order chi connectivity index (χ1) is 9.74. The second kappa shape index (κ2) is 5.54. The van der Waals surface area contributed by atoms with E-state index in [2.05, 4.69) is 10.4 Å². The molecular weight excluding hydrogens is 254 g/mol. The summed E-state index contributed by atoms with van der Waals surface area (Å²) < 4.78 is 7.86. The summed E-state index contributed by atoms with van der Waals surface area (Å²) in [6.45, 7) is 4.08. The van der Waals surface area contributed by atoms with Gasteiger partial charge in [-0.2, -0.15) is 5.10 Å². The fraction of sp³-hybridized carbons (Fsp3) is 0.400. The molecule has 5 nitrogen and oxygen atoms in total. The van der Waals surface area contributed by atoms with Gasteiger partial charge in [-0.05, 0) is 50.6 Å². The van der Waals surface area contributed by atoms with E-state index >= 15 is 0 Å². The van der Waals surface area contributed by atoms with Crippen LogP contribution in [0, 0.1) is 6.92 Å². The van der Waals surface area contributed by atoms with Crippen molar-refractivity contribution in [3.05, 3.63) is 36.2 Å². The highest BCUT2D eigenvalue weighted by Crippen LogP contribution is 2.28. The monoisotopic (exact) mass is 273 g/mol. The smallest absolute Gasteiger partial charge is 0.168 e. The average molecular weight is 273 g/mol. The van der Waals surface area contributed by atoms with Crippen LogP contribution >= 0.6 is 0 Å². The molecule has 2 heterocycles. The Morgan fingerprint density at radius 2 is 2.15 bits per heavy atom. The number of ether oxygens (including phenoxy) is 1. The summed E-state index contributed by atoms with van der Waals surface area (Å²) in [5.41, 5.74) is 1.03. The lowest BCUT2D eigenvalue weighted by Gasteiger charge is -2.24. The summed E-state index contributed by atoms with van der Waals surface area (Å²) in [7, 11) is 0. The summed E-state index contributed by atoms with van der Waals surface area (Å²) >= 11 is 0. The molecule has 1 unspecified atom stereocenters. The third-order valence-electron chi connectivity index (χ3n) is 3.68. The zero-order chi connectivity index (χ0) is 13.9. The summed E-state index contributed by atoms with van der Waals surface area (Å²) in [4.78, 5) is 0. The van der Waals surface area contributed by atoms with Crippen LogP contribution in [0.2, 0.25) is 0 Å². The molecule has 0 bridgehead atoms. The number of piperidine rings is 1. The van der Waals surface area contributed by atoms with E-state index in [-0.39, 0.29) is 5.75 Å². The summed E-state index contributed by atoms with van der Waals surface area (Å²) in [5, 5.41) is 17.1. The number of nitrogens with zero attached hydrogens (tertiary/aromatic N) is 2. The molecule has 1 saturated heterocycles. The fourth-order valence-corrected chi connectivity index (χ4v) is 2.56. The van der Waals surface area contributed by atoms with E-state index in [1.165, 1.54) is 6.42 Å². The largest absolute Gasteiger partial charge is 0.508 e. The average Bonchev–Trinajstić information content (AvgIpc) is 2.84. The van der Waals surface area contributed by atoms with Gasteiger partial charge in [-0.15, -0.1) is 0 Å². The van der Waals surface area contributed by atoms with Gasteiger partial charge in [0.2, 0.25) is 0 Å². The number of benzene rings is 1. The molecule has 0 radical (unpaired) electrons. The molecular formula is C15H19N3O2. The molecule has 1 aromatic carbocycles. The van der Waals surface area contributed by atoms with Crippen LogP contribution in [0.15, 0.2) is 30.5 Å². The summed E-state index contributed by atoms with van der Waals surface area (Å²) in [6.07, 6.45) is 4.09. The van der Waals surface area contributed by atoms with Crippen LogP contribution in [0.1, 0.15) is 24.6 Å². The minimum Gasteiger partial charge on any atom is -0.508 e. The van der Waals surface area contributed by atoms with Gasteiger partial charge in [0, 0.05) is 6.54 Å². The quantitative estimate of drug-likeness (QED) is 0.902. The molecule has 3 rings (SSSR count). The van der Waals surface area contributed by atoms with Crippen LogP contribution in [0.25, 0.3) is 0 Å². The van der Waals surface area contributed by atoms with Crippen LogP contribution in [0.3, 0.4) is 0 Å². The molecule has 0 aliphatic carbocycles. The van der Waals surface area contributed by atoms with E-state index in [9.17, 15) is 5.11 Å². The summed E-state index contributed by atoms with van der Waals surface area (Å²) in [5.74, 6) is 1.70. The molecule has 1 aliphatic rings. The van der Waals surface area contributed by atoms with E-state index in [4.69, 9.17) is 4.74 Å². The minimum absolute atomic E-state index is 0.234. The molecule has 1 aromatic heterocycles. The first-order valence-corrected chi connectivity index (χ1v) is 6.96. The Bertz CT molecular complexity index is 571. The lowest BCUT2D eigenvalue weighted by molar-refractivity contribution is 0.340. The van der Waals surface area contributed by atoms with Crippen LogP contribution < -0.4 is 10.1 Å². The van der Waals surface area contributed by atoms with Crippen molar-refractivity contribution in [3.8, 4) is 17.2 Å². The number of phenols is 1. The maximum absolute atomic E-state index is 9.27. The molecule has 5 heteroatoms. The van der Waals surface area contributed by atoms with Crippen molar-refractivity contribution in [1.29, 1.82) is 0 Å². The topological polar surface area (TPSA) is 59.3 Å². The Balaban J connectivity index is 1.77. The molecule has 0 saturated carbocycles. The Morgan fingerprint density at radius 1 is 1.35 bits per heavy atom. The van der Waals surface area contributed by atoms with Gasteiger partial charge in [-0.25, -0.2) is 0 Å². The first-order valence-electron chi connectivity index (χ1n) is 6.96. The predicted octanol–water partition coefficient (Wildman–Crippen LogP) is 2.61. The normalized spacial score (nSPS) is 18.9. The van der Waals surface area contributed by atoms with Crippen molar-refractivity contribution in [2.75, 3.05) is 13.1 Å². The van der Waals surface area contributed by atoms with E-state index in [1.807, 2.05) is 11.6 Å². The van der Waals surface area contributed by atoms with Crippen LogP contribution in [-0.2, 0) is 0 Å². The number of nitrogens with one attached hydrogen (secondary N) is 1. The van der Waals surface area contributed by atoms with E-state index in [0.717, 1.165) is 31.0 Å². The first kappa shape index (κ1) is 13.0.